The standard InChI is InChI=1S/C19H3F9N2O2S2/c1-2-3(6(21)10(25)9(24)5(2)20)18-29-16(31)14(33-18)15-17(32)30-19(34-15)4-7(22)11(26)13(28)12(27)8(4)23/h1H3/b15-14+. The minimum Gasteiger partial charge on any atom is -0.266 e. The number of aliphatic imine (C=N–C) groups is 2. The number of hydrogen-bond acceptors (Lipinski definition) is 4. The Labute approximate surface area is 190 Å². The van der Waals surface area contributed by atoms with Crippen molar-refractivity contribution in [2.45, 2.75) is 6.92 Å². The normalized spacial score (nSPS) is 18.2. The summed E-state index contributed by atoms with van der Waals surface area (Å²) in [7, 11) is 0. The molecule has 0 aromatic heterocycles. The Kier molecular flexibility index (Phi) is 5.88. The summed E-state index contributed by atoms with van der Waals surface area (Å²) < 4.78 is 124. The molecule has 2 aromatic carbocycles. The molecule has 2 aromatic rings. The molecule has 2 heterocycles. The molecule has 2 aliphatic rings. The van der Waals surface area contributed by atoms with E-state index in [0.717, 1.165) is 6.92 Å². The van der Waals surface area contributed by atoms with Crippen LogP contribution in [0.5, 0.6) is 0 Å². The molecule has 0 fully saturated rings. The highest BCUT2D eigenvalue weighted by molar-refractivity contribution is 8.22. The summed E-state index contributed by atoms with van der Waals surface area (Å²) in [4.78, 5) is 29.8. The fraction of sp³-hybridized carbons (Fsp3) is 0.0526. The molecular weight excluding hydrogens is 523 g/mol. The predicted octanol–water partition coefficient (Wildman–Crippen LogP) is 5.20. The lowest BCUT2D eigenvalue weighted by atomic mass is 10.1. The van der Waals surface area contributed by atoms with E-state index < -0.39 is 101 Å². The van der Waals surface area contributed by atoms with Crippen LogP contribution in [-0.2, 0) is 9.59 Å². The molecule has 4 nitrogen and oxygen atoms in total. The highest BCUT2D eigenvalue weighted by Gasteiger charge is 2.39. The third kappa shape index (κ3) is 3.45. The van der Waals surface area contributed by atoms with Crippen LogP contribution >= 0.6 is 23.5 Å². The maximum Gasteiger partial charge on any atom is 0.286 e. The first kappa shape index (κ1) is 24.1. The molecule has 0 radical (unpaired) electrons. The van der Waals surface area contributed by atoms with Crippen molar-refractivity contribution in [2.75, 3.05) is 0 Å². The van der Waals surface area contributed by atoms with E-state index >= 15 is 0 Å². The molecule has 0 bridgehead atoms. The van der Waals surface area contributed by atoms with Gasteiger partial charge in [0.05, 0.1) is 11.1 Å². The summed E-state index contributed by atoms with van der Waals surface area (Å²) in [6.07, 6.45) is 0. The minimum absolute atomic E-state index is 0.0663. The van der Waals surface area contributed by atoms with Crippen molar-refractivity contribution >= 4 is 45.4 Å². The summed E-state index contributed by atoms with van der Waals surface area (Å²) in [5.74, 6) is -22.1. The summed E-state index contributed by atoms with van der Waals surface area (Å²) in [6.45, 7) is 0.870. The van der Waals surface area contributed by atoms with Gasteiger partial charge in [-0.25, -0.2) is 49.5 Å². The van der Waals surface area contributed by atoms with Crippen molar-refractivity contribution in [3.05, 3.63) is 78.9 Å². The second-order valence-corrected chi connectivity index (χ2v) is 8.51. The van der Waals surface area contributed by atoms with Gasteiger partial charge in [-0.1, -0.05) is 23.5 Å². The number of amides is 2. The van der Waals surface area contributed by atoms with Crippen LogP contribution in [0, 0.1) is 59.3 Å². The van der Waals surface area contributed by atoms with Crippen molar-refractivity contribution in [1.29, 1.82) is 0 Å². The monoisotopic (exact) mass is 526 g/mol. The highest BCUT2D eigenvalue weighted by Crippen LogP contribution is 2.43. The third-order valence-electron chi connectivity index (χ3n) is 4.54. The fourth-order valence-corrected chi connectivity index (χ4v) is 5.05. The Morgan fingerprint density at radius 2 is 0.824 bits per heavy atom. The molecule has 176 valence electrons. The summed E-state index contributed by atoms with van der Waals surface area (Å²) in [5.41, 5.74) is -3.18. The molecule has 0 N–H and O–H groups in total. The van der Waals surface area contributed by atoms with Crippen molar-refractivity contribution in [1.82, 2.24) is 0 Å². The van der Waals surface area contributed by atoms with Gasteiger partial charge >= 0.3 is 0 Å². The van der Waals surface area contributed by atoms with Gasteiger partial charge in [0.25, 0.3) is 11.8 Å². The van der Waals surface area contributed by atoms with Gasteiger partial charge in [-0.15, -0.1) is 0 Å². The van der Waals surface area contributed by atoms with E-state index in [9.17, 15) is 49.1 Å². The van der Waals surface area contributed by atoms with Crippen LogP contribution in [0.2, 0.25) is 0 Å². The smallest absolute Gasteiger partial charge is 0.266 e. The molecule has 2 aliphatic heterocycles. The Balaban J connectivity index is 1.75. The zero-order chi connectivity index (χ0) is 25.2. The predicted molar refractivity (Wildman–Crippen MR) is 103 cm³/mol. The van der Waals surface area contributed by atoms with Crippen LogP contribution in [0.1, 0.15) is 16.7 Å². The Morgan fingerprint density at radius 3 is 1.26 bits per heavy atom. The summed E-state index contributed by atoms with van der Waals surface area (Å²) in [6, 6.07) is 0. The fourth-order valence-electron chi connectivity index (χ4n) is 2.90. The Morgan fingerprint density at radius 1 is 0.500 bits per heavy atom. The van der Waals surface area contributed by atoms with E-state index in [-0.39, 0.29) is 23.5 Å². The third-order valence-corrected chi connectivity index (χ3v) is 6.81. The van der Waals surface area contributed by atoms with Crippen molar-refractivity contribution in [2.24, 2.45) is 9.98 Å². The first-order chi connectivity index (χ1) is 15.9. The number of nitrogens with zero attached hydrogens (tertiary/aromatic N) is 2. The lowest BCUT2D eigenvalue weighted by molar-refractivity contribution is -0.115. The van der Waals surface area contributed by atoms with E-state index in [1.54, 1.807) is 0 Å². The molecule has 0 unspecified atom stereocenters. The van der Waals surface area contributed by atoms with Gasteiger partial charge in [0.1, 0.15) is 19.9 Å². The van der Waals surface area contributed by atoms with Crippen molar-refractivity contribution in [3.63, 3.8) is 0 Å². The second kappa shape index (κ2) is 8.30. The average Bonchev–Trinajstić information content (AvgIpc) is 3.35. The van der Waals surface area contributed by atoms with E-state index in [0.29, 0.717) is 0 Å². The number of rotatable bonds is 2. The Hall–Kier alpha value is -3.07. The first-order valence-corrected chi connectivity index (χ1v) is 10.2. The van der Waals surface area contributed by atoms with Crippen LogP contribution in [0.3, 0.4) is 0 Å². The lowest BCUT2D eigenvalue weighted by Crippen LogP contribution is -2.10. The molecule has 0 atom stereocenters. The molecule has 15 heteroatoms. The van der Waals surface area contributed by atoms with E-state index in [2.05, 4.69) is 9.98 Å². The quantitative estimate of drug-likeness (QED) is 0.234. The molecule has 0 saturated heterocycles. The van der Waals surface area contributed by atoms with E-state index in [1.165, 1.54) is 0 Å². The molecule has 4 rings (SSSR count). The molecular formula is C19H3F9N2O2S2. The van der Waals surface area contributed by atoms with Gasteiger partial charge in [0, 0.05) is 5.56 Å². The second-order valence-electron chi connectivity index (χ2n) is 6.51. The van der Waals surface area contributed by atoms with Crippen LogP contribution in [0.4, 0.5) is 39.5 Å². The topological polar surface area (TPSA) is 58.9 Å². The number of thioether (sulfide) groups is 2. The molecule has 0 saturated carbocycles. The van der Waals surface area contributed by atoms with Crippen LogP contribution < -0.4 is 0 Å². The molecule has 34 heavy (non-hydrogen) atoms. The maximum absolute atomic E-state index is 14.3. The number of halogens is 9. The van der Waals surface area contributed by atoms with Crippen molar-refractivity contribution < 1.29 is 49.1 Å². The number of carbonyl (C=O) groups is 2. The van der Waals surface area contributed by atoms with Gasteiger partial charge in [-0.05, 0) is 6.92 Å². The van der Waals surface area contributed by atoms with Crippen LogP contribution in [0.15, 0.2) is 19.8 Å². The molecule has 0 aliphatic carbocycles. The van der Waals surface area contributed by atoms with Crippen molar-refractivity contribution in [3.8, 4) is 0 Å². The zero-order valence-corrected chi connectivity index (χ0v) is 17.6. The lowest BCUT2D eigenvalue weighted by Gasteiger charge is -2.09. The zero-order valence-electron chi connectivity index (χ0n) is 15.9. The maximum atomic E-state index is 14.3. The van der Waals surface area contributed by atoms with Gasteiger partial charge in [0.15, 0.2) is 46.5 Å². The minimum atomic E-state index is -2.44. The summed E-state index contributed by atoms with van der Waals surface area (Å²) >= 11 is 0.279. The number of carbonyl (C=O) groups excluding carboxylic acids is 2. The van der Waals surface area contributed by atoms with Crippen LogP contribution in [0.25, 0.3) is 0 Å². The molecule has 2 amide bonds. The number of hydrogen-bond donors (Lipinski definition) is 0. The van der Waals surface area contributed by atoms with Gasteiger partial charge < -0.3 is 0 Å². The first-order valence-electron chi connectivity index (χ1n) is 8.57. The highest BCUT2D eigenvalue weighted by atomic mass is 32.2. The van der Waals surface area contributed by atoms with Gasteiger partial charge in [0.2, 0.25) is 5.82 Å². The Bertz CT molecular complexity index is 1280. The van der Waals surface area contributed by atoms with E-state index in [1.807, 2.05) is 0 Å². The van der Waals surface area contributed by atoms with Gasteiger partial charge in [-0.3, -0.25) is 9.59 Å². The largest absolute Gasteiger partial charge is 0.286 e. The average molecular weight is 526 g/mol. The molecule has 0 spiro atoms. The number of benzene rings is 2. The van der Waals surface area contributed by atoms with E-state index in [4.69, 9.17) is 0 Å². The SMILES string of the molecule is Cc1c(F)c(F)c(F)c(F)c1C1=NC(=O)/C(=C2\SC(c3c(F)c(F)c(F)c(F)c3F)=NC2=O)S1. The van der Waals surface area contributed by atoms with Gasteiger partial charge in [-0.2, -0.15) is 0 Å². The van der Waals surface area contributed by atoms with Crippen LogP contribution in [-0.4, -0.2) is 21.9 Å². The summed E-state index contributed by atoms with van der Waals surface area (Å²) in [5, 5.41) is -1.64.